The number of carbonyl (C=O) groups is 1. The summed E-state index contributed by atoms with van der Waals surface area (Å²) in [5, 5.41) is 7.93. The van der Waals surface area contributed by atoms with Gasteiger partial charge >= 0.3 is 0 Å². The molecule has 9 heteroatoms. The van der Waals surface area contributed by atoms with Crippen LogP contribution >= 0.6 is 11.6 Å². The number of hydrogen-bond acceptors (Lipinski definition) is 6. The summed E-state index contributed by atoms with van der Waals surface area (Å²) in [7, 11) is 0. The SMILES string of the molecule is Cc1ccc(-c2noc(-c3cn(CC(=O)NCc4ccc(Cl)cc4)c4nc(C)ccc4c3=O)n2)cc1. The molecule has 3 aromatic heterocycles. The molecule has 5 rings (SSSR count). The molecule has 0 atom stereocenters. The van der Waals surface area contributed by atoms with E-state index in [2.05, 4.69) is 20.4 Å². The molecule has 0 aliphatic rings. The lowest BCUT2D eigenvalue weighted by atomic mass is 10.1. The Morgan fingerprint density at radius 3 is 2.50 bits per heavy atom. The largest absolute Gasteiger partial charge is 0.350 e. The molecule has 180 valence electrons. The fraction of sp³-hybridized carbons (Fsp3) is 0.148. The number of carbonyl (C=O) groups excluding carboxylic acids is 1. The van der Waals surface area contributed by atoms with E-state index in [1.807, 2.05) is 50.2 Å². The Kier molecular flexibility index (Phi) is 6.35. The van der Waals surface area contributed by atoms with Gasteiger partial charge in [-0.15, -0.1) is 0 Å². The summed E-state index contributed by atoms with van der Waals surface area (Å²) in [6.45, 7) is 4.11. The molecule has 5 aromatic rings. The zero-order valence-corrected chi connectivity index (χ0v) is 20.4. The third kappa shape index (κ3) is 4.89. The van der Waals surface area contributed by atoms with Crippen molar-refractivity contribution in [2.24, 2.45) is 0 Å². The van der Waals surface area contributed by atoms with Gasteiger partial charge in [0.05, 0.1) is 5.39 Å². The molecule has 0 aliphatic carbocycles. The molecule has 0 unspecified atom stereocenters. The van der Waals surface area contributed by atoms with Gasteiger partial charge < -0.3 is 14.4 Å². The van der Waals surface area contributed by atoms with Crippen LogP contribution in [0.15, 0.2) is 76.2 Å². The van der Waals surface area contributed by atoms with Crippen LogP contribution in [0.4, 0.5) is 0 Å². The Balaban J connectivity index is 1.48. The molecule has 0 fully saturated rings. The second-order valence-electron chi connectivity index (χ2n) is 8.52. The first-order valence-corrected chi connectivity index (χ1v) is 11.7. The predicted octanol–water partition coefficient (Wildman–Crippen LogP) is 4.70. The number of pyridine rings is 2. The first-order chi connectivity index (χ1) is 17.4. The number of amides is 1. The Hall–Kier alpha value is -4.30. The summed E-state index contributed by atoms with van der Waals surface area (Å²) in [5.41, 5.74) is 3.83. The third-order valence-corrected chi connectivity index (χ3v) is 6.00. The van der Waals surface area contributed by atoms with Crippen molar-refractivity contribution in [2.75, 3.05) is 0 Å². The average molecular weight is 500 g/mol. The normalized spacial score (nSPS) is 11.1. The van der Waals surface area contributed by atoms with Crippen molar-refractivity contribution in [1.29, 1.82) is 0 Å². The van der Waals surface area contributed by atoms with Gasteiger partial charge in [-0.1, -0.05) is 58.7 Å². The van der Waals surface area contributed by atoms with Crippen LogP contribution in [-0.4, -0.2) is 25.6 Å². The van der Waals surface area contributed by atoms with E-state index in [9.17, 15) is 9.59 Å². The number of nitrogens with one attached hydrogen (secondary N) is 1. The fourth-order valence-corrected chi connectivity index (χ4v) is 3.93. The van der Waals surface area contributed by atoms with Gasteiger partial charge in [0.15, 0.2) is 0 Å². The maximum absolute atomic E-state index is 13.3. The molecular weight excluding hydrogens is 478 g/mol. The van der Waals surface area contributed by atoms with E-state index in [1.54, 1.807) is 35.0 Å². The van der Waals surface area contributed by atoms with Gasteiger partial charge in [-0.05, 0) is 43.7 Å². The van der Waals surface area contributed by atoms with Gasteiger partial charge in [-0.2, -0.15) is 4.98 Å². The topological polar surface area (TPSA) is 103 Å². The average Bonchev–Trinajstić information content (AvgIpc) is 3.36. The smallest absolute Gasteiger partial charge is 0.263 e. The Morgan fingerprint density at radius 2 is 1.75 bits per heavy atom. The molecular formula is C27H22ClN5O3. The highest BCUT2D eigenvalue weighted by Crippen LogP contribution is 2.22. The number of rotatable bonds is 6. The number of halogens is 1. The molecule has 0 radical (unpaired) electrons. The zero-order valence-electron chi connectivity index (χ0n) is 19.7. The molecule has 8 nitrogen and oxygen atoms in total. The lowest BCUT2D eigenvalue weighted by Crippen LogP contribution is -2.28. The monoisotopic (exact) mass is 499 g/mol. The van der Waals surface area contributed by atoms with Crippen LogP contribution in [0.5, 0.6) is 0 Å². The fourth-order valence-electron chi connectivity index (χ4n) is 3.80. The number of fused-ring (bicyclic) bond motifs is 1. The van der Waals surface area contributed by atoms with E-state index in [-0.39, 0.29) is 29.3 Å². The Labute approximate surface area is 211 Å². The summed E-state index contributed by atoms with van der Waals surface area (Å²) in [6.07, 6.45) is 1.55. The van der Waals surface area contributed by atoms with Crippen LogP contribution in [0.1, 0.15) is 16.8 Å². The summed E-state index contributed by atoms with van der Waals surface area (Å²) in [5.74, 6) is 0.210. The molecule has 3 heterocycles. The molecule has 0 aliphatic heterocycles. The van der Waals surface area contributed by atoms with Crippen molar-refractivity contribution in [3.8, 4) is 22.8 Å². The van der Waals surface area contributed by atoms with Crippen LogP contribution in [0.25, 0.3) is 33.9 Å². The minimum atomic E-state index is -0.297. The van der Waals surface area contributed by atoms with Crippen molar-refractivity contribution in [3.05, 3.63) is 98.9 Å². The van der Waals surface area contributed by atoms with Crippen LogP contribution < -0.4 is 10.7 Å². The first kappa shape index (κ1) is 23.4. The maximum Gasteiger partial charge on any atom is 0.263 e. The summed E-state index contributed by atoms with van der Waals surface area (Å²) < 4.78 is 7.09. The first-order valence-electron chi connectivity index (χ1n) is 11.3. The summed E-state index contributed by atoms with van der Waals surface area (Å²) in [6, 6.07) is 18.4. The lowest BCUT2D eigenvalue weighted by molar-refractivity contribution is -0.121. The van der Waals surface area contributed by atoms with Crippen LogP contribution in [0, 0.1) is 13.8 Å². The molecule has 0 saturated heterocycles. The second kappa shape index (κ2) is 9.75. The van der Waals surface area contributed by atoms with Gasteiger partial charge in [-0.3, -0.25) is 9.59 Å². The maximum atomic E-state index is 13.3. The van der Waals surface area contributed by atoms with Gasteiger partial charge in [-0.25, -0.2) is 4.98 Å². The van der Waals surface area contributed by atoms with E-state index in [1.165, 1.54) is 0 Å². The van der Waals surface area contributed by atoms with Crippen LogP contribution in [0.2, 0.25) is 5.02 Å². The van der Waals surface area contributed by atoms with Crippen molar-refractivity contribution in [2.45, 2.75) is 26.9 Å². The van der Waals surface area contributed by atoms with E-state index < -0.39 is 0 Å². The Morgan fingerprint density at radius 1 is 1.00 bits per heavy atom. The summed E-state index contributed by atoms with van der Waals surface area (Å²) >= 11 is 5.93. The molecule has 0 spiro atoms. The van der Waals surface area contributed by atoms with E-state index >= 15 is 0 Å². The highest BCUT2D eigenvalue weighted by Gasteiger charge is 2.19. The van der Waals surface area contributed by atoms with Gasteiger partial charge in [0.2, 0.25) is 17.2 Å². The summed E-state index contributed by atoms with van der Waals surface area (Å²) in [4.78, 5) is 35.1. The van der Waals surface area contributed by atoms with Crippen molar-refractivity contribution >= 4 is 28.5 Å². The molecule has 1 amide bonds. The molecule has 0 saturated carbocycles. The number of nitrogens with zero attached hydrogens (tertiary/aromatic N) is 4. The van der Waals surface area contributed by atoms with Crippen molar-refractivity contribution < 1.29 is 9.32 Å². The quantitative estimate of drug-likeness (QED) is 0.363. The molecule has 1 N–H and O–H groups in total. The standard InChI is InChI=1S/C27H22ClN5O3/c1-16-3-8-19(9-4-16)25-31-27(36-32-25)22-14-33(26-21(24(22)35)12-5-17(2)30-26)15-23(34)29-13-18-6-10-20(28)11-7-18/h3-12,14H,13,15H2,1-2H3,(H,29,34). The number of aromatic nitrogens is 4. The molecule has 0 bridgehead atoms. The lowest BCUT2D eigenvalue weighted by Gasteiger charge is -2.12. The van der Waals surface area contributed by atoms with Crippen LogP contribution in [-0.2, 0) is 17.9 Å². The molecule has 36 heavy (non-hydrogen) atoms. The van der Waals surface area contributed by atoms with Crippen LogP contribution in [0.3, 0.4) is 0 Å². The predicted molar refractivity (Wildman–Crippen MR) is 138 cm³/mol. The molecule has 2 aromatic carbocycles. The minimum absolute atomic E-state index is 0.0488. The Bertz CT molecular complexity index is 1620. The number of hydrogen-bond donors (Lipinski definition) is 1. The van der Waals surface area contributed by atoms with E-state index in [0.717, 1.165) is 22.4 Å². The van der Waals surface area contributed by atoms with Gasteiger partial charge in [0.25, 0.3) is 5.89 Å². The second-order valence-corrected chi connectivity index (χ2v) is 8.95. The van der Waals surface area contributed by atoms with Crippen molar-refractivity contribution in [1.82, 2.24) is 25.0 Å². The highest BCUT2D eigenvalue weighted by molar-refractivity contribution is 6.30. The third-order valence-electron chi connectivity index (χ3n) is 5.74. The van der Waals surface area contributed by atoms with E-state index in [0.29, 0.717) is 28.4 Å². The minimum Gasteiger partial charge on any atom is -0.350 e. The van der Waals surface area contributed by atoms with Crippen molar-refractivity contribution in [3.63, 3.8) is 0 Å². The highest BCUT2D eigenvalue weighted by atomic mass is 35.5. The zero-order chi connectivity index (χ0) is 25.2. The van der Waals surface area contributed by atoms with E-state index in [4.69, 9.17) is 16.1 Å². The van der Waals surface area contributed by atoms with Gasteiger partial charge in [0.1, 0.15) is 17.8 Å². The number of aryl methyl sites for hydroxylation is 2. The van der Waals surface area contributed by atoms with Gasteiger partial charge in [0, 0.05) is 29.0 Å². The number of benzene rings is 2.